The van der Waals surface area contributed by atoms with Gasteiger partial charge in [-0.05, 0) is 41.9 Å². The maximum atomic E-state index is 15.0. The Bertz CT molecular complexity index is 1240. The zero-order valence-corrected chi connectivity index (χ0v) is 19.0. The third kappa shape index (κ3) is 4.29. The van der Waals surface area contributed by atoms with Crippen molar-refractivity contribution in [2.24, 2.45) is 5.92 Å². The Labute approximate surface area is 197 Å². The van der Waals surface area contributed by atoms with Crippen molar-refractivity contribution in [3.8, 4) is 22.3 Å². The molecule has 0 radical (unpaired) electrons. The quantitative estimate of drug-likeness (QED) is 0.262. The van der Waals surface area contributed by atoms with Crippen LogP contribution in [0.4, 0.5) is 17.6 Å². The van der Waals surface area contributed by atoms with Gasteiger partial charge in [-0.2, -0.15) is 0 Å². The van der Waals surface area contributed by atoms with Crippen molar-refractivity contribution in [1.29, 1.82) is 0 Å². The molecule has 1 fully saturated rings. The van der Waals surface area contributed by atoms with E-state index in [-0.39, 0.29) is 22.8 Å². The summed E-state index contributed by atoms with van der Waals surface area (Å²) >= 11 is 0. The molecule has 2 atom stereocenters. The molecule has 176 valence electrons. The van der Waals surface area contributed by atoms with E-state index in [1.807, 2.05) is 6.08 Å². The predicted molar refractivity (Wildman–Crippen MR) is 126 cm³/mol. The molecule has 34 heavy (non-hydrogen) atoms. The van der Waals surface area contributed by atoms with Gasteiger partial charge in [0.2, 0.25) is 0 Å². The highest BCUT2D eigenvalue weighted by Crippen LogP contribution is 2.38. The van der Waals surface area contributed by atoms with Gasteiger partial charge in [-0.25, -0.2) is 17.6 Å². The first-order valence-electron chi connectivity index (χ1n) is 11.9. The normalized spacial score (nSPS) is 19.7. The first kappa shape index (κ1) is 22.9. The smallest absolute Gasteiger partial charge is 0.167 e. The zero-order valence-electron chi connectivity index (χ0n) is 19.0. The highest BCUT2D eigenvalue weighted by Gasteiger charge is 2.30. The average molecular weight is 467 g/mol. The van der Waals surface area contributed by atoms with E-state index in [1.54, 1.807) is 36.4 Å². The first-order valence-corrected chi connectivity index (χ1v) is 11.9. The second-order valence-electron chi connectivity index (χ2n) is 9.18. The lowest BCUT2D eigenvalue weighted by Gasteiger charge is -2.22. The van der Waals surface area contributed by atoms with Gasteiger partial charge in [-0.15, -0.1) is 0 Å². The number of hydrogen-bond acceptors (Lipinski definition) is 1. The van der Waals surface area contributed by atoms with E-state index >= 15 is 8.78 Å². The molecule has 1 heterocycles. The molecule has 2 aliphatic rings. The maximum Gasteiger partial charge on any atom is 0.167 e. The zero-order chi connectivity index (χ0) is 23.8. The summed E-state index contributed by atoms with van der Waals surface area (Å²) in [6.07, 6.45) is 6.61. The lowest BCUT2D eigenvalue weighted by atomic mass is 9.84. The van der Waals surface area contributed by atoms with Gasteiger partial charge in [0.25, 0.3) is 0 Å². The summed E-state index contributed by atoms with van der Waals surface area (Å²) in [5, 5.41) is 0. The maximum absolute atomic E-state index is 15.0. The summed E-state index contributed by atoms with van der Waals surface area (Å²) in [6, 6.07) is 12.6. The summed E-state index contributed by atoms with van der Waals surface area (Å²) in [4.78, 5) is 0. The lowest BCUT2D eigenvalue weighted by molar-refractivity contribution is 0.401. The monoisotopic (exact) mass is 466 g/mol. The summed E-state index contributed by atoms with van der Waals surface area (Å²) in [7, 11) is 0. The van der Waals surface area contributed by atoms with Crippen molar-refractivity contribution in [3.63, 3.8) is 0 Å². The van der Waals surface area contributed by atoms with E-state index < -0.39 is 23.3 Å². The van der Waals surface area contributed by atoms with Crippen LogP contribution in [-0.4, -0.2) is 6.61 Å². The van der Waals surface area contributed by atoms with Crippen LogP contribution in [0, 0.1) is 29.2 Å². The third-order valence-electron chi connectivity index (χ3n) is 6.94. The van der Waals surface area contributed by atoms with Gasteiger partial charge in [-0.3, -0.25) is 0 Å². The average Bonchev–Trinajstić information content (AvgIpc) is 3.69. The highest BCUT2D eigenvalue weighted by molar-refractivity contribution is 5.74. The minimum atomic E-state index is -0.940. The molecule has 0 spiro atoms. The second-order valence-corrected chi connectivity index (χ2v) is 9.18. The molecular weight excluding hydrogens is 440 g/mol. The molecule has 0 bridgehead atoms. The van der Waals surface area contributed by atoms with Crippen LogP contribution in [-0.2, 0) is 4.74 Å². The van der Waals surface area contributed by atoms with Crippen LogP contribution >= 0.6 is 0 Å². The topological polar surface area (TPSA) is 12.5 Å². The fourth-order valence-electron chi connectivity index (χ4n) is 4.92. The minimum absolute atomic E-state index is 0.112. The Morgan fingerprint density at radius 3 is 1.88 bits per heavy atom. The SMILES string of the molecule is CCCC1CC=C(c2ccc(-c3ccc(-c4ccc(C5CO5)c(F)c4F)cc3)c(F)c2F)CC1. The number of epoxide rings is 1. The van der Waals surface area contributed by atoms with E-state index in [2.05, 4.69) is 6.92 Å². The Hall–Kier alpha value is -2.92. The van der Waals surface area contributed by atoms with E-state index in [0.717, 1.165) is 37.7 Å². The molecular formula is C29H26F4O. The molecule has 5 rings (SSSR count). The van der Waals surface area contributed by atoms with Gasteiger partial charge < -0.3 is 4.74 Å². The standard InChI is InChI=1S/C29H26F4O/c1-2-3-17-4-6-18(7-5-17)21-12-13-22(27(31)26(21)30)19-8-10-20(11-9-19)23-14-15-24(25-16-34-25)29(33)28(23)32/h6,8-15,17,25H,2-5,7,16H2,1H3. The van der Waals surface area contributed by atoms with Crippen LogP contribution in [0.25, 0.3) is 27.8 Å². The first-order chi connectivity index (χ1) is 16.5. The molecule has 0 aromatic heterocycles. The number of allylic oxidation sites excluding steroid dienone is 2. The molecule has 0 N–H and O–H groups in total. The minimum Gasteiger partial charge on any atom is -0.368 e. The molecule has 1 aliphatic heterocycles. The van der Waals surface area contributed by atoms with Crippen molar-refractivity contribution in [3.05, 3.63) is 89.0 Å². The highest BCUT2D eigenvalue weighted by atomic mass is 19.2. The van der Waals surface area contributed by atoms with E-state index in [1.165, 1.54) is 12.1 Å². The summed E-state index contributed by atoms with van der Waals surface area (Å²) in [6.45, 7) is 2.55. The molecule has 2 unspecified atom stereocenters. The van der Waals surface area contributed by atoms with Gasteiger partial charge in [0.05, 0.1) is 6.61 Å². The predicted octanol–water partition coefficient (Wildman–Crippen LogP) is 8.63. The Morgan fingerprint density at radius 2 is 1.32 bits per heavy atom. The van der Waals surface area contributed by atoms with E-state index in [0.29, 0.717) is 29.2 Å². The van der Waals surface area contributed by atoms with Gasteiger partial charge >= 0.3 is 0 Å². The molecule has 3 aromatic rings. The second kappa shape index (κ2) is 9.38. The Morgan fingerprint density at radius 1 is 0.765 bits per heavy atom. The van der Waals surface area contributed by atoms with Gasteiger partial charge in [0.15, 0.2) is 23.3 Å². The fraction of sp³-hybridized carbons (Fsp3) is 0.310. The molecule has 0 saturated carbocycles. The van der Waals surface area contributed by atoms with Gasteiger partial charge in [0, 0.05) is 22.3 Å². The number of hydrogen-bond donors (Lipinski definition) is 0. The number of rotatable bonds is 6. The largest absolute Gasteiger partial charge is 0.368 e. The van der Waals surface area contributed by atoms with Gasteiger partial charge in [0.1, 0.15) is 6.10 Å². The van der Waals surface area contributed by atoms with Gasteiger partial charge in [-0.1, -0.05) is 74.4 Å². The van der Waals surface area contributed by atoms with Crippen molar-refractivity contribution < 1.29 is 22.3 Å². The molecule has 1 saturated heterocycles. The van der Waals surface area contributed by atoms with Crippen molar-refractivity contribution in [2.45, 2.75) is 45.1 Å². The molecule has 0 amide bonds. The van der Waals surface area contributed by atoms with Crippen LogP contribution in [0.2, 0.25) is 0 Å². The van der Waals surface area contributed by atoms with Crippen molar-refractivity contribution in [1.82, 2.24) is 0 Å². The van der Waals surface area contributed by atoms with E-state index in [4.69, 9.17) is 4.74 Å². The summed E-state index contributed by atoms with van der Waals surface area (Å²) in [5.41, 5.74) is 2.57. The fourth-order valence-corrected chi connectivity index (χ4v) is 4.92. The molecule has 1 nitrogen and oxygen atoms in total. The van der Waals surface area contributed by atoms with Crippen LogP contribution < -0.4 is 0 Å². The lowest BCUT2D eigenvalue weighted by Crippen LogP contribution is -2.06. The number of benzene rings is 3. The number of halogens is 4. The Balaban J connectivity index is 1.40. The van der Waals surface area contributed by atoms with E-state index in [9.17, 15) is 8.78 Å². The number of ether oxygens (including phenoxy) is 1. The molecule has 1 aliphatic carbocycles. The molecule has 5 heteroatoms. The summed E-state index contributed by atoms with van der Waals surface area (Å²) in [5.74, 6) is -2.97. The van der Waals surface area contributed by atoms with Crippen molar-refractivity contribution in [2.75, 3.05) is 6.61 Å². The Kier molecular flexibility index (Phi) is 6.30. The van der Waals surface area contributed by atoms with Crippen molar-refractivity contribution >= 4 is 5.57 Å². The van der Waals surface area contributed by atoms with Crippen LogP contribution in [0.3, 0.4) is 0 Å². The van der Waals surface area contributed by atoms with Crippen LogP contribution in [0.15, 0.2) is 54.6 Å². The molecule has 3 aromatic carbocycles. The third-order valence-corrected chi connectivity index (χ3v) is 6.94. The van der Waals surface area contributed by atoms with Crippen LogP contribution in [0.1, 0.15) is 56.3 Å². The van der Waals surface area contributed by atoms with Crippen LogP contribution in [0.5, 0.6) is 0 Å². The summed E-state index contributed by atoms with van der Waals surface area (Å²) < 4.78 is 64.1.